The number of rotatable bonds is 15. The molecule has 4 atom stereocenters. The van der Waals surface area contributed by atoms with Crippen LogP contribution in [-0.4, -0.2) is 87.9 Å². The van der Waals surface area contributed by atoms with E-state index in [1.165, 1.54) is 0 Å². The summed E-state index contributed by atoms with van der Waals surface area (Å²) in [6.45, 7) is 0.314. The summed E-state index contributed by atoms with van der Waals surface area (Å²) in [7, 11) is 0. The third-order valence-electron chi connectivity index (χ3n) is 6.42. The molecule has 0 aliphatic carbocycles. The molecular weight excluding hydrogens is 490 g/mol. The molecule has 2 fully saturated rings. The van der Waals surface area contributed by atoms with E-state index in [1.807, 2.05) is 11.8 Å². The number of aliphatic carboxylic acids is 1. The number of carbonyl (C=O) groups excluding carboxylic acids is 5. The normalized spacial score (nSPS) is 23.3. The van der Waals surface area contributed by atoms with Crippen LogP contribution in [-0.2, 0) is 24.0 Å². The predicted molar refractivity (Wildman–Crippen MR) is 131 cm³/mol. The van der Waals surface area contributed by atoms with Gasteiger partial charge in [-0.15, -0.1) is 0 Å². The third kappa shape index (κ3) is 7.97. The van der Waals surface area contributed by atoms with Gasteiger partial charge < -0.3 is 26.4 Å². The first-order valence-corrected chi connectivity index (χ1v) is 13.3. The van der Waals surface area contributed by atoms with Crippen LogP contribution in [0.3, 0.4) is 0 Å². The van der Waals surface area contributed by atoms with Crippen molar-refractivity contribution >= 4 is 47.4 Å². The number of unbranched alkanes of at least 4 members (excludes halogenated alkanes) is 2. The monoisotopic (exact) mass is 523 g/mol. The van der Waals surface area contributed by atoms with Crippen molar-refractivity contribution in [1.29, 1.82) is 0 Å². The largest absolute Gasteiger partial charge is 0.480 e. The van der Waals surface area contributed by atoms with Crippen LogP contribution in [0.1, 0.15) is 51.4 Å². The van der Waals surface area contributed by atoms with Gasteiger partial charge in [-0.25, -0.2) is 9.59 Å². The molecule has 0 aromatic carbocycles. The number of hydrogen-bond donors (Lipinski definition) is 5. The van der Waals surface area contributed by atoms with Gasteiger partial charge in [0, 0.05) is 49.1 Å². The van der Waals surface area contributed by atoms with Crippen molar-refractivity contribution < 1.29 is 33.9 Å². The Hall–Kier alpha value is -3.09. The van der Waals surface area contributed by atoms with Gasteiger partial charge in [0.05, 0.1) is 12.1 Å². The van der Waals surface area contributed by atoms with Crippen LogP contribution in [0.15, 0.2) is 12.2 Å². The first kappa shape index (κ1) is 27.5. The van der Waals surface area contributed by atoms with Crippen molar-refractivity contribution in [2.24, 2.45) is 0 Å². The van der Waals surface area contributed by atoms with E-state index in [9.17, 15) is 33.9 Å². The molecule has 3 aliphatic rings. The summed E-state index contributed by atoms with van der Waals surface area (Å²) >= 11 is 1.85. The van der Waals surface area contributed by atoms with Gasteiger partial charge in [-0.05, 0) is 32.1 Å². The molecule has 0 bridgehead atoms. The molecule has 12 nitrogen and oxygen atoms in total. The van der Waals surface area contributed by atoms with Gasteiger partial charge in [0.25, 0.3) is 11.8 Å². The zero-order chi connectivity index (χ0) is 26.1. The fourth-order valence-electron chi connectivity index (χ4n) is 4.45. The van der Waals surface area contributed by atoms with E-state index < -0.39 is 29.7 Å². The zero-order valence-corrected chi connectivity index (χ0v) is 20.8. The van der Waals surface area contributed by atoms with Crippen molar-refractivity contribution in [2.45, 2.75) is 74.7 Å². The Bertz CT molecular complexity index is 893. The average molecular weight is 524 g/mol. The van der Waals surface area contributed by atoms with Gasteiger partial charge in [-0.3, -0.25) is 24.1 Å². The van der Waals surface area contributed by atoms with Crippen LogP contribution in [0.4, 0.5) is 4.79 Å². The first-order chi connectivity index (χ1) is 17.2. The minimum atomic E-state index is -1.16. The van der Waals surface area contributed by atoms with Crippen LogP contribution in [0.25, 0.3) is 0 Å². The quantitative estimate of drug-likeness (QED) is 0.112. The molecule has 3 aliphatic heterocycles. The maximum Gasteiger partial charge on any atom is 0.326 e. The summed E-state index contributed by atoms with van der Waals surface area (Å²) < 4.78 is 0. The van der Waals surface area contributed by atoms with E-state index in [-0.39, 0.29) is 43.4 Å². The van der Waals surface area contributed by atoms with Gasteiger partial charge >= 0.3 is 12.0 Å². The van der Waals surface area contributed by atoms with Crippen LogP contribution in [0.2, 0.25) is 0 Å². The number of carboxylic acids is 1. The number of thioether (sulfide) groups is 1. The second-order valence-electron chi connectivity index (χ2n) is 9.08. The Morgan fingerprint density at radius 3 is 2.50 bits per heavy atom. The molecule has 0 aromatic heterocycles. The number of urea groups is 1. The smallest absolute Gasteiger partial charge is 0.326 e. The van der Waals surface area contributed by atoms with Crippen LogP contribution < -0.4 is 21.3 Å². The summed E-state index contributed by atoms with van der Waals surface area (Å²) in [4.78, 5) is 70.9. The lowest BCUT2D eigenvalue weighted by atomic mass is 10.0. The first-order valence-electron chi connectivity index (χ1n) is 12.3. The number of amides is 6. The van der Waals surface area contributed by atoms with Crippen LogP contribution >= 0.6 is 11.8 Å². The standard InChI is InChI=1S/C23H33N5O7S/c29-17(7-2-1-6-16-21-15(13-36-16)26-23(35)27-21)24-11-4-3-5-14(22(33)34)25-18(30)10-12-28-19(31)8-9-20(28)32/h8-9,14-16,21H,1-7,10-13H2,(H,24,29)(H,25,30)(H,33,34)(H2,26,27,35). The molecule has 4 unspecified atom stereocenters. The summed E-state index contributed by atoms with van der Waals surface area (Å²) in [5.41, 5.74) is 0. The topological polar surface area (TPSA) is 174 Å². The van der Waals surface area contributed by atoms with Gasteiger partial charge in [0.2, 0.25) is 11.8 Å². The Balaban J connectivity index is 1.21. The van der Waals surface area contributed by atoms with Crippen molar-refractivity contribution in [2.75, 3.05) is 18.8 Å². The second kappa shape index (κ2) is 13.3. The summed E-state index contributed by atoms with van der Waals surface area (Å²) in [6, 6.07) is -0.804. The van der Waals surface area contributed by atoms with Gasteiger partial charge in [0.1, 0.15) is 6.04 Å². The van der Waals surface area contributed by atoms with Crippen molar-refractivity contribution in [3.05, 3.63) is 12.2 Å². The Morgan fingerprint density at radius 2 is 1.78 bits per heavy atom. The van der Waals surface area contributed by atoms with E-state index in [0.29, 0.717) is 31.1 Å². The fraction of sp³-hybridized carbons (Fsp3) is 0.652. The summed E-state index contributed by atoms with van der Waals surface area (Å²) in [5.74, 6) is -1.84. The van der Waals surface area contributed by atoms with Gasteiger partial charge in [0.15, 0.2) is 0 Å². The van der Waals surface area contributed by atoms with E-state index in [0.717, 1.165) is 42.1 Å². The highest BCUT2D eigenvalue weighted by Crippen LogP contribution is 2.33. The van der Waals surface area contributed by atoms with Crippen molar-refractivity contribution in [1.82, 2.24) is 26.2 Å². The fourth-order valence-corrected chi connectivity index (χ4v) is 6.00. The number of nitrogens with one attached hydrogen (secondary N) is 4. The van der Waals surface area contributed by atoms with E-state index in [1.54, 1.807) is 0 Å². The highest BCUT2D eigenvalue weighted by Gasteiger charge is 2.42. The van der Waals surface area contributed by atoms with Crippen molar-refractivity contribution in [3.8, 4) is 0 Å². The maximum absolute atomic E-state index is 12.1. The van der Waals surface area contributed by atoms with Gasteiger partial charge in [-0.1, -0.05) is 6.42 Å². The number of hydrogen-bond acceptors (Lipinski definition) is 7. The lowest BCUT2D eigenvalue weighted by Gasteiger charge is -2.17. The minimum Gasteiger partial charge on any atom is -0.480 e. The number of imide groups is 1. The van der Waals surface area contributed by atoms with Crippen LogP contribution in [0.5, 0.6) is 0 Å². The summed E-state index contributed by atoms with van der Waals surface area (Å²) in [5, 5.41) is 20.9. The Labute approximate surface area is 213 Å². The molecule has 198 valence electrons. The minimum absolute atomic E-state index is 0.0497. The molecule has 0 spiro atoms. The summed E-state index contributed by atoms with van der Waals surface area (Å²) in [6.07, 6.45) is 6.37. The number of nitrogens with zero attached hydrogens (tertiary/aromatic N) is 1. The van der Waals surface area contributed by atoms with Crippen LogP contribution in [0, 0.1) is 0 Å². The highest BCUT2D eigenvalue weighted by molar-refractivity contribution is 8.00. The lowest BCUT2D eigenvalue weighted by molar-refractivity contribution is -0.143. The number of fused-ring (bicyclic) bond motifs is 1. The van der Waals surface area contributed by atoms with E-state index >= 15 is 0 Å². The molecule has 0 radical (unpaired) electrons. The molecule has 3 rings (SSSR count). The Kier molecular flexibility index (Phi) is 10.1. The lowest BCUT2D eigenvalue weighted by Crippen LogP contribution is -2.42. The highest BCUT2D eigenvalue weighted by atomic mass is 32.2. The molecule has 36 heavy (non-hydrogen) atoms. The average Bonchev–Trinajstić information content (AvgIpc) is 3.48. The molecule has 3 heterocycles. The second-order valence-corrected chi connectivity index (χ2v) is 10.4. The Morgan fingerprint density at radius 1 is 1.03 bits per heavy atom. The maximum atomic E-state index is 12.1. The molecule has 13 heteroatoms. The van der Waals surface area contributed by atoms with Gasteiger partial charge in [-0.2, -0.15) is 11.8 Å². The SMILES string of the molecule is O=C(CCCCC1SCC2NC(=O)NC21)NCCCCC(NC(=O)CCN1C(=O)C=CC1=O)C(=O)O. The van der Waals surface area contributed by atoms with Crippen molar-refractivity contribution in [3.63, 3.8) is 0 Å². The molecular formula is C23H33N5O7S. The van der Waals surface area contributed by atoms with E-state index in [2.05, 4.69) is 21.3 Å². The third-order valence-corrected chi connectivity index (χ3v) is 7.93. The predicted octanol–water partition coefficient (Wildman–Crippen LogP) is -0.117. The zero-order valence-electron chi connectivity index (χ0n) is 20.0. The number of carboxylic acid groups (broad SMARTS) is 1. The molecule has 0 aromatic rings. The van der Waals surface area contributed by atoms with E-state index in [4.69, 9.17) is 0 Å². The molecule has 0 saturated carbocycles. The molecule has 6 amide bonds. The molecule has 2 saturated heterocycles. The molecule has 5 N–H and O–H groups in total. The number of carbonyl (C=O) groups is 6.